The molecule has 0 aromatic heterocycles. The van der Waals surface area contributed by atoms with Gasteiger partial charge in [0.1, 0.15) is 24.4 Å². The maximum Gasteiger partial charge on any atom is 0.190 e. The molecule has 2 aliphatic rings. The van der Waals surface area contributed by atoms with Gasteiger partial charge in [-0.05, 0) is 6.92 Å². The lowest BCUT2D eigenvalue weighted by molar-refractivity contribution is -0.263. The van der Waals surface area contributed by atoms with Gasteiger partial charge in [-0.1, -0.05) is 0 Å². The van der Waals surface area contributed by atoms with Crippen molar-refractivity contribution in [3.63, 3.8) is 0 Å². The molecule has 0 N–H and O–H groups in total. The smallest absolute Gasteiger partial charge is 0.190 e. The third-order valence-corrected chi connectivity index (χ3v) is 3.14. The summed E-state index contributed by atoms with van der Waals surface area (Å²) in [5.74, 6) is 0. The van der Waals surface area contributed by atoms with Crippen LogP contribution in [0.4, 0.5) is 0 Å². The van der Waals surface area contributed by atoms with Crippen molar-refractivity contribution in [2.24, 2.45) is 0 Å². The fraction of sp³-hybridized carbons (Fsp3) is 1.00. The predicted octanol–water partition coefficient (Wildman–Crippen LogP) is 0.149. The molecule has 2 aliphatic heterocycles. The summed E-state index contributed by atoms with van der Waals surface area (Å²) in [6, 6.07) is 0. The van der Waals surface area contributed by atoms with E-state index in [4.69, 9.17) is 28.4 Å². The van der Waals surface area contributed by atoms with E-state index in [-0.39, 0.29) is 30.7 Å². The minimum atomic E-state index is -0.415. The van der Waals surface area contributed by atoms with Crippen LogP contribution in [-0.2, 0) is 28.4 Å². The first-order valence-corrected chi connectivity index (χ1v) is 5.72. The molecule has 2 fully saturated rings. The Bertz CT molecular complexity index is 248. The minimum absolute atomic E-state index is 0.218. The molecule has 2 rings (SSSR count). The molecule has 0 aromatic carbocycles. The molecule has 6 heteroatoms. The molecule has 2 heterocycles. The van der Waals surface area contributed by atoms with Gasteiger partial charge in [0.05, 0.1) is 6.61 Å². The van der Waals surface area contributed by atoms with Gasteiger partial charge in [-0.25, -0.2) is 0 Å². The molecular weight excluding hydrogens is 228 g/mol. The molecule has 0 unspecified atom stereocenters. The molecule has 100 valence electrons. The Morgan fingerprint density at radius 1 is 0.941 bits per heavy atom. The number of hydrogen-bond acceptors (Lipinski definition) is 6. The Hall–Kier alpha value is -0.240. The van der Waals surface area contributed by atoms with Crippen molar-refractivity contribution in [2.75, 3.05) is 27.9 Å². The largest absolute Gasteiger partial charge is 0.382 e. The van der Waals surface area contributed by atoms with Gasteiger partial charge in [0.25, 0.3) is 0 Å². The first kappa shape index (κ1) is 13.2. The summed E-state index contributed by atoms with van der Waals surface area (Å²) >= 11 is 0. The monoisotopic (exact) mass is 248 g/mol. The van der Waals surface area contributed by atoms with Crippen LogP contribution in [0.3, 0.4) is 0 Å². The van der Waals surface area contributed by atoms with E-state index < -0.39 is 6.29 Å². The minimum Gasteiger partial charge on any atom is -0.382 e. The lowest BCUT2D eigenvalue weighted by atomic mass is 9.99. The quantitative estimate of drug-likeness (QED) is 0.706. The number of rotatable bonds is 4. The number of ether oxygens (including phenoxy) is 6. The summed E-state index contributed by atoms with van der Waals surface area (Å²) in [5.41, 5.74) is 0. The van der Waals surface area contributed by atoms with Crippen molar-refractivity contribution >= 4 is 0 Å². The molecule has 0 spiro atoms. The highest BCUT2D eigenvalue weighted by atomic mass is 16.8. The van der Waals surface area contributed by atoms with Gasteiger partial charge < -0.3 is 28.4 Å². The van der Waals surface area contributed by atoms with Crippen LogP contribution >= 0.6 is 0 Å². The van der Waals surface area contributed by atoms with Crippen LogP contribution in [0.1, 0.15) is 6.92 Å². The Labute approximate surface area is 101 Å². The van der Waals surface area contributed by atoms with Crippen LogP contribution in [0.25, 0.3) is 0 Å². The second-order valence-corrected chi connectivity index (χ2v) is 4.20. The van der Waals surface area contributed by atoms with E-state index in [1.54, 1.807) is 21.3 Å². The van der Waals surface area contributed by atoms with Gasteiger partial charge in [-0.15, -0.1) is 0 Å². The summed E-state index contributed by atoms with van der Waals surface area (Å²) in [7, 11) is 4.89. The third kappa shape index (κ3) is 2.47. The Morgan fingerprint density at radius 3 is 2.24 bits per heavy atom. The zero-order valence-electron chi connectivity index (χ0n) is 10.6. The standard InChI is InChI=1S/C11H20O6/c1-6-15-10-9(14-4)8(13-3)7(5-12-2)17-11(10)16-6/h6-11H,5H2,1-4H3/t6-,7+,8+,9-,10+,11-/m1/s1. The third-order valence-electron chi connectivity index (χ3n) is 3.14. The summed E-state index contributed by atoms with van der Waals surface area (Å²) in [6.07, 6.45) is -1.62. The molecule has 2 saturated heterocycles. The number of methoxy groups -OCH3 is 3. The van der Waals surface area contributed by atoms with Crippen LogP contribution in [0, 0.1) is 0 Å². The second-order valence-electron chi connectivity index (χ2n) is 4.20. The Morgan fingerprint density at radius 2 is 1.65 bits per heavy atom. The van der Waals surface area contributed by atoms with Crippen molar-refractivity contribution in [3.05, 3.63) is 0 Å². The maximum absolute atomic E-state index is 5.78. The molecule has 0 amide bonds. The SMILES string of the molecule is COC[C@@H]1O[C@H]2O[C@H](C)O[C@H]2[C@H](OC)[C@H]1OC. The lowest BCUT2D eigenvalue weighted by Gasteiger charge is -2.41. The van der Waals surface area contributed by atoms with Gasteiger partial charge in [0, 0.05) is 21.3 Å². The molecule has 0 saturated carbocycles. The van der Waals surface area contributed by atoms with Crippen LogP contribution in [0.5, 0.6) is 0 Å². The van der Waals surface area contributed by atoms with Crippen molar-refractivity contribution in [1.29, 1.82) is 0 Å². The average Bonchev–Trinajstić information content (AvgIpc) is 2.67. The van der Waals surface area contributed by atoms with E-state index in [1.165, 1.54) is 0 Å². The molecule has 0 aliphatic carbocycles. The first-order valence-electron chi connectivity index (χ1n) is 5.72. The van der Waals surface area contributed by atoms with E-state index in [1.807, 2.05) is 6.92 Å². The predicted molar refractivity (Wildman–Crippen MR) is 57.6 cm³/mol. The number of fused-ring (bicyclic) bond motifs is 1. The molecule has 6 nitrogen and oxygen atoms in total. The van der Waals surface area contributed by atoms with Crippen LogP contribution in [-0.4, -0.2) is 64.9 Å². The number of hydrogen-bond donors (Lipinski definition) is 0. The van der Waals surface area contributed by atoms with Crippen LogP contribution in [0.15, 0.2) is 0 Å². The average molecular weight is 248 g/mol. The molecule has 17 heavy (non-hydrogen) atoms. The first-order chi connectivity index (χ1) is 8.21. The van der Waals surface area contributed by atoms with Crippen molar-refractivity contribution in [2.45, 2.75) is 43.9 Å². The molecule has 0 radical (unpaired) electrons. The highest BCUT2D eigenvalue weighted by Gasteiger charge is 2.52. The van der Waals surface area contributed by atoms with E-state index in [9.17, 15) is 0 Å². The summed E-state index contributed by atoms with van der Waals surface area (Å²) in [4.78, 5) is 0. The van der Waals surface area contributed by atoms with E-state index in [2.05, 4.69) is 0 Å². The zero-order chi connectivity index (χ0) is 12.4. The maximum atomic E-state index is 5.78. The highest BCUT2D eigenvalue weighted by Crippen LogP contribution is 2.33. The fourth-order valence-corrected chi connectivity index (χ4v) is 2.43. The van der Waals surface area contributed by atoms with Gasteiger partial charge >= 0.3 is 0 Å². The normalized spacial score (nSPS) is 45.9. The molecular formula is C11H20O6. The van der Waals surface area contributed by atoms with E-state index >= 15 is 0 Å². The molecule has 0 bridgehead atoms. The zero-order valence-corrected chi connectivity index (χ0v) is 10.6. The van der Waals surface area contributed by atoms with E-state index in [0.29, 0.717) is 6.61 Å². The topological polar surface area (TPSA) is 55.4 Å². The summed E-state index contributed by atoms with van der Waals surface area (Å²) in [6.45, 7) is 2.26. The van der Waals surface area contributed by atoms with Crippen molar-refractivity contribution in [3.8, 4) is 0 Å². The van der Waals surface area contributed by atoms with Crippen LogP contribution in [0.2, 0.25) is 0 Å². The second kappa shape index (κ2) is 5.60. The van der Waals surface area contributed by atoms with Gasteiger partial charge in [-0.3, -0.25) is 0 Å². The summed E-state index contributed by atoms with van der Waals surface area (Å²) < 4.78 is 33.0. The van der Waals surface area contributed by atoms with Crippen molar-refractivity contribution < 1.29 is 28.4 Å². The Balaban J connectivity index is 2.13. The van der Waals surface area contributed by atoms with Crippen LogP contribution < -0.4 is 0 Å². The van der Waals surface area contributed by atoms with Gasteiger partial charge in [-0.2, -0.15) is 0 Å². The molecule has 6 atom stereocenters. The summed E-state index contributed by atoms with van der Waals surface area (Å²) in [5, 5.41) is 0. The Kier molecular flexibility index (Phi) is 4.35. The van der Waals surface area contributed by atoms with Gasteiger partial charge in [0.2, 0.25) is 0 Å². The lowest BCUT2D eigenvalue weighted by Crippen LogP contribution is -2.58. The van der Waals surface area contributed by atoms with E-state index in [0.717, 1.165) is 0 Å². The highest BCUT2D eigenvalue weighted by molar-refractivity contribution is 4.94. The molecule has 0 aromatic rings. The van der Waals surface area contributed by atoms with Crippen molar-refractivity contribution in [1.82, 2.24) is 0 Å². The van der Waals surface area contributed by atoms with Gasteiger partial charge in [0.15, 0.2) is 12.6 Å². The fourth-order valence-electron chi connectivity index (χ4n) is 2.43.